The lowest BCUT2D eigenvalue weighted by molar-refractivity contribution is 0.177. The lowest BCUT2D eigenvalue weighted by atomic mass is 10.0. The van der Waals surface area contributed by atoms with Crippen LogP contribution in [0.25, 0.3) is 0 Å². The molecule has 0 saturated heterocycles. The molecular weight excluding hydrogens is 277 g/mol. The van der Waals surface area contributed by atoms with E-state index in [4.69, 9.17) is 11.6 Å². The van der Waals surface area contributed by atoms with E-state index >= 15 is 0 Å². The van der Waals surface area contributed by atoms with Crippen molar-refractivity contribution in [1.82, 2.24) is 0 Å². The second-order valence-electron chi connectivity index (χ2n) is 4.14. The molecule has 2 rings (SSSR count). The molecule has 0 amide bonds. The molecule has 0 heterocycles. The Balaban J connectivity index is 2.20. The minimum atomic E-state index is -1.54. The van der Waals surface area contributed by atoms with Crippen LogP contribution >= 0.6 is 11.6 Å². The summed E-state index contributed by atoms with van der Waals surface area (Å²) in [6.07, 6.45) is -0.965. The fourth-order valence-corrected chi connectivity index (χ4v) is 1.86. The number of rotatable bonds is 3. The molecule has 0 fully saturated rings. The Labute approximate surface area is 113 Å². The fraction of sp³-hybridized carbons (Fsp3) is 0.143. The van der Waals surface area contributed by atoms with Crippen LogP contribution in [0.15, 0.2) is 36.4 Å². The molecule has 0 radical (unpaired) electrons. The Morgan fingerprint density at radius 2 is 1.53 bits per heavy atom. The van der Waals surface area contributed by atoms with Gasteiger partial charge in [-0.15, -0.1) is 0 Å². The first-order valence-electron chi connectivity index (χ1n) is 5.54. The highest BCUT2D eigenvalue weighted by atomic mass is 35.5. The predicted molar refractivity (Wildman–Crippen MR) is 66.4 cm³/mol. The molecule has 5 heteroatoms. The van der Waals surface area contributed by atoms with Crippen LogP contribution in [0.1, 0.15) is 17.2 Å². The molecule has 0 bridgehead atoms. The van der Waals surface area contributed by atoms with Gasteiger partial charge in [-0.3, -0.25) is 0 Å². The highest BCUT2D eigenvalue weighted by Gasteiger charge is 2.16. The van der Waals surface area contributed by atoms with E-state index in [0.29, 0.717) is 5.02 Å². The first-order chi connectivity index (χ1) is 8.97. The van der Waals surface area contributed by atoms with Gasteiger partial charge in [0.05, 0.1) is 6.10 Å². The van der Waals surface area contributed by atoms with Gasteiger partial charge in [0.2, 0.25) is 0 Å². The molecule has 1 atom stereocenters. The van der Waals surface area contributed by atoms with Crippen molar-refractivity contribution in [2.24, 2.45) is 0 Å². The predicted octanol–water partition coefficient (Wildman–Crippen LogP) is 4.03. The Morgan fingerprint density at radius 1 is 1.00 bits per heavy atom. The maximum atomic E-state index is 13.0. The third kappa shape index (κ3) is 3.28. The summed E-state index contributed by atoms with van der Waals surface area (Å²) in [5.74, 6) is -4.17. The van der Waals surface area contributed by atoms with E-state index in [1.807, 2.05) is 0 Å². The van der Waals surface area contributed by atoms with E-state index < -0.39 is 23.6 Å². The summed E-state index contributed by atoms with van der Waals surface area (Å²) in [7, 11) is 0. The standard InChI is InChI=1S/C14H10ClF3O/c15-10-3-1-8(2-4-10)5-13(19)9-6-11(16)14(18)12(17)7-9/h1-4,6-7,13,19H,5H2. The zero-order valence-corrected chi connectivity index (χ0v) is 10.5. The molecule has 0 aliphatic carbocycles. The number of hydrogen-bond acceptors (Lipinski definition) is 1. The zero-order chi connectivity index (χ0) is 14.0. The van der Waals surface area contributed by atoms with Crippen molar-refractivity contribution in [2.75, 3.05) is 0 Å². The van der Waals surface area contributed by atoms with Crippen LogP contribution in [-0.4, -0.2) is 5.11 Å². The van der Waals surface area contributed by atoms with Crippen LogP contribution < -0.4 is 0 Å². The number of halogens is 4. The van der Waals surface area contributed by atoms with Gasteiger partial charge in [0.25, 0.3) is 0 Å². The van der Waals surface area contributed by atoms with Crippen molar-refractivity contribution in [3.05, 3.63) is 70.0 Å². The lowest BCUT2D eigenvalue weighted by Gasteiger charge is -2.12. The molecule has 100 valence electrons. The van der Waals surface area contributed by atoms with Crippen LogP contribution in [-0.2, 0) is 6.42 Å². The van der Waals surface area contributed by atoms with Gasteiger partial charge in [-0.1, -0.05) is 23.7 Å². The van der Waals surface area contributed by atoms with E-state index in [2.05, 4.69) is 0 Å². The summed E-state index contributed by atoms with van der Waals surface area (Å²) < 4.78 is 38.9. The summed E-state index contributed by atoms with van der Waals surface area (Å²) in [5, 5.41) is 10.4. The van der Waals surface area contributed by atoms with Gasteiger partial charge in [0, 0.05) is 11.4 Å². The average Bonchev–Trinajstić information content (AvgIpc) is 2.38. The van der Waals surface area contributed by atoms with Crippen LogP contribution in [0.2, 0.25) is 5.02 Å². The van der Waals surface area contributed by atoms with Crippen molar-refractivity contribution < 1.29 is 18.3 Å². The second-order valence-corrected chi connectivity index (χ2v) is 4.58. The van der Waals surface area contributed by atoms with Gasteiger partial charge in [-0.25, -0.2) is 13.2 Å². The molecule has 1 nitrogen and oxygen atoms in total. The lowest BCUT2D eigenvalue weighted by Crippen LogP contribution is -2.04. The maximum Gasteiger partial charge on any atom is 0.194 e. The normalized spacial score (nSPS) is 12.5. The van der Waals surface area contributed by atoms with Gasteiger partial charge in [-0.2, -0.15) is 0 Å². The minimum Gasteiger partial charge on any atom is -0.388 e. The van der Waals surface area contributed by atoms with Gasteiger partial charge in [0.1, 0.15) is 0 Å². The van der Waals surface area contributed by atoms with E-state index in [0.717, 1.165) is 17.7 Å². The van der Waals surface area contributed by atoms with Gasteiger partial charge >= 0.3 is 0 Å². The molecule has 0 aromatic heterocycles. The molecule has 0 saturated carbocycles. The van der Waals surface area contributed by atoms with Gasteiger partial charge < -0.3 is 5.11 Å². The number of aliphatic hydroxyl groups excluding tert-OH is 1. The second kappa shape index (κ2) is 5.63. The van der Waals surface area contributed by atoms with Gasteiger partial charge in [-0.05, 0) is 35.4 Å². The SMILES string of the molecule is OC(Cc1ccc(Cl)cc1)c1cc(F)c(F)c(F)c1. The van der Waals surface area contributed by atoms with Crippen molar-refractivity contribution >= 4 is 11.6 Å². The minimum absolute atomic E-state index is 0.00801. The Kier molecular flexibility index (Phi) is 4.12. The third-order valence-electron chi connectivity index (χ3n) is 2.73. The number of benzene rings is 2. The molecule has 2 aromatic rings. The van der Waals surface area contributed by atoms with Crippen molar-refractivity contribution in [1.29, 1.82) is 0 Å². The summed E-state index contributed by atoms with van der Waals surface area (Å²) in [6, 6.07) is 8.27. The highest BCUT2D eigenvalue weighted by Crippen LogP contribution is 2.23. The Morgan fingerprint density at radius 3 is 2.05 bits per heavy atom. The third-order valence-corrected chi connectivity index (χ3v) is 2.99. The molecule has 0 aliphatic heterocycles. The van der Waals surface area contributed by atoms with Crippen LogP contribution in [0.5, 0.6) is 0 Å². The number of aliphatic hydroxyl groups is 1. The summed E-state index contributed by atoms with van der Waals surface area (Å²) >= 11 is 5.72. The highest BCUT2D eigenvalue weighted by molar-refractivity contribution is 6.30. The average molecular weight is 287 g/mol. The van der Waals surface area contributed by atoms with Crippen molar-refractivity contribution in [2.45, 2.75) is 12.5 Å². The largest absolute Gasteiger partial charge is 0.388 e. The van der Waals surface area contributed by atoms with E-state index in [-0.39, 0.29) is 12.0 Å². The molecule has 1 unspecified atom stereocenters. The maximum absolute atomic E-state index is 13.0. The first kappa shape index (κ1) is 13.9. The summed E-state index contributed by atoms with van der Waals surface area (Å²) in [6.45, 7) is 0. The summed E-state index contributed by atoms with van der Waals surface area (Å²) in [4.78, 5) is 0. The van der Waals surface area contributed by atoms with Crippen molar-refractivity contribution in [3.63, 3.8) is 0 Å². The van der Waals surface area contributed by atoms with E-state index in [1.54, 1.807) is 24.3 Å². The molecule has 0 spiro atoms. The summed E-state index contributed by atoms with van der Waals surface area (Å²) in [5.41, 5.74) is 0.744. The first-order valence-corrected chi connectivity index (χ1v) is 5.92. The molecule has 0 aliphatic rings. The van der Waals surface area contributed by atoms with E-state index in [1.165, 1.54) is 0 Å². The van der Waals surface area contributed by atoms with Crippen LogP contribution in [0.3, 0.4) is 0 Å². The molecule has 1 N–H and O–H groups in total. The fourth-order valence-electron chi connectivity index (χ4n) is 1.73. The Bertz CT molecular complexity index is 561. The quantitative estimate of drug-likeness (QED) is 0.845. The van der Waals surface area contributed by atoms with Crippen LogP contribution in [0, 0.1) is 17.5 Å². The topological polar surface area (TPSA) is 20.2 Å². The van der Waals surface area contributed by atoms with E-state index in [9.17, 15) is 18.3 Å². The van der Waals surface area contributed by atoms with Crippen molar-refractivity contribution in [3.8, 4) is 0 Å². The monoisotopic (exact) mass is 286 g/mol. The molecule has 2 aromatic carbocycles. The smallest absolute Gasteiger partial charge is 0.194 e. The van der Waals surface area contributed by atoms with Crippen LogP contribution in [0.4, 0.5) is 13.2 Å². The zero-order valence-electron chi connectivity index (χ0n) is 9.71. The van der Waals surface area contributed by atoms with Gasteiger partial charge in [0.15, 0.2) is 17.5 Å². The number of hydrogen-bond donors (Lipinski definition) is 1. The molecular formula is C14H10ClF3O. The molecule has 19 heavy (non-hydrogen) atoms. The Hall–Kier alpha value is -1.52.